The molecule has 4 rings (SSSR count). The number of benzene rings is 1. The minimum atomic E-state index is -1.05. The molecule has 1 aromatic carbocycles. The highest BCUT2D eigenvalue weighted by atomic mass is 16.2. The van der Waals surface area contributed by atoms with E-state index in [9.17, 15) is 4.79 Å². The Morgan fingerprint density at radius 1 is 1.19 bits per heavy atom. The number of nitrogens with two attached hydrogens (primary N) is 1. The van der Waals surface area contributed by atoms with Crippen LogP contribution in [0.1, 0.15) is 17.5 Å². The van der Waals surface area contributed by atoms with Gasteiger partial charge in [-0.1, -0.05) is 48.6 Å². The standard InChI is InChI=1S/C20H19N5O/c1-25-18(26)20(24-19(25)21,16-7-3-2-4-8-16)17-9-5-6-14(10-17)15-11-22-13-23-12-15/h2-8,10-13,17H,9H2,1H3,(H2,21,24)/t17?,20-/m1/s1. The zero-order valence-electron chi connectivity index (χ0n) is 14.4. The molecule has 1 aromatic heterocycles. The Kier molecular flexibility index (Phi) is 3.88. The van der Waals surface area contributed by atoms with Gasteiger partial charge in [0, 0.05) is 30.9 Å². The second kappa shape index (κ2) is 6.22. The van der Waals surface area contributed by atoms with Crippen LogP contribution < -0.4 is 5.73 Å². The summed E-state index contributed by atoms with van der Waals surface area (Å²) in [6.07, 6.45) is 11.9. The molecule has 130 valence electrons. The first-order chi connectivity index (χ1) is 12.6. The van der Waals surface area contributed by atoms with Gasteiger partial charge in [0.25, 0.3) is 5.91 Å². The maximum Gasteiger partial charge on any atom is 0.262 e. The van der Waals surface area contributed by atoms with Crippen LogP contribution in [0.2, 0.25) is 0 Å². The SMILES string of the molecule is CN1C(=O)[C@@](c2ccccc2)(C2C=C(c3cncnc3)C=CC2)N=C1N. The van der Waals surface area contributed by atoms with Crippen molar-refractivity contribution in [2.45, 2.75) is 12.0 Å². The first-order valence-corrected chi connectivity index (χ1v) is 8.45. The fraction of sp³-hybridized carbons (Fsp3) is 0.200. The van der Waals surface area contributed by atoms with Crippen molar-refractivity contribution >= 4 is 17.4 Å². The number of aromatic nitrogens is 2. The number of likely N-dealkylation sites (N-methyl/N-ethyl adjacent to an activating group) is 1. The average Bonchev–Trinajstić information content (AvgIpc) is 2.94. The fourth-order valence-electron chi connectivity index (χ4n) is 3.61. The summed E-state index contributed by atoms with van der Waals surface area (Å²) >= 11 is 0. The van der Waals surface area contributed by atoms with E-state index < -0.39 is 5.54 Å². The number of guanidine groups is 1. The van der Waals surface area contributed by atoms with Crippen LogP contribution in [0.15, 0.2) is 72.3 Å². The summed E-state index contributed by atoms with van der Waals surface area (Å²) in [6, 6.07) is 9.64. The molecule has 0 fully saturated rings. The van der Waals surface area contributed by atoms with Gasteiger partial charge in [-0.2, -0.15) is 0 Å². The van der Waals surface area contributed by atoms with Crippen LogP contribution in [0.4, 0.5) is 0 Å². The predicted octanol–water partition coefficient (Wildman–Crippen LogP) is 2.12. The molecule has 2 heterocycles. The highest BCUT2D eigenvalue weighted by molar-refractivity contribution is 6.07. The number of hydrogen-bond acceptors (Lipinski definition) is 5. The zero-order valence-corrected chi connectivity index (χ0v) is 14.4. The summed E-state index contributed by atoms with van der Waals surface area (Å²) in [5, 5.41) is 0. The Balaban J connectivity index is 1.85. The molecule has 0 radical (unpaired) electrons. The molecule has 1 aliphatic carbocycles. The molecule has 0 spiro atoms. The van der Waals surface area contributed by atoms with Crippen molar-refractivity contribution in [3.8, 4) is 0 Å². The second-order valence-electron chi connectivity index (χ2n) is 6.46. The molecule has 2 aromatic rings. The van der Waals surface area contributed by atoms with E-state index in [1.165, 1.54) is 11.2 Å². The van der Waals surface area contributed by atoms with Gasteiger partial charge in [-0.15, -0.1) is 0 Å². The smallest absolute Gasteiger partial charge is 0.262 e. The van der Waals surface area contributed by atoms with E-state index in [4.69, 9.17) is 5.73 Å². The largest absolute Gasteiger partial charge is 0.369 e. The van der Waals surface area contributed by atoms with E-state index in [2.05, 4.69) is 27.1 Å². The minimum Gasteiger partial charge on any atom is -0.369 e. The molecule has 1 amide bonds. The Labute approximate surface area is 151 Å². The highest BCUT2D eigenvalue weighted by Gasteiger charge is 2.52. The Hall–Kier alpha value is -3.28. The van der Waals surface area contributed by atoms with Crippen molar-refractivity contribution in [2.75, 3.05) is 7.05 Å². The second-order valence-corrected chi connectivity index (χ2v) is 6.46. The lowest BCUT2D eigenvalue weighted by Gasteiger charge is -2.33. The van der Waals surface area contributed by atoms with E-state index in [1.807, 2.05) is 36.4 Å². The monoisotopic (exact) mass is 345 g/mol. The topological polar surface area (TPSA) is 84.5 Å². The molecule has 0 saturated heterocycles. The molecule has 1 aliphatic heterocycles. The Bertz CT molecular complexity index is 920. The highest BCUT2D eigenvalue weighted by Crippen LogP contribution is 2.44. The number of amides is 1. The minimum absolute atomic E-state index is 0.110. The van der Waals surface area contributed by atoms with Gasteiger partial charge in [-0.3, -0.25) is 9.69 Å². The Morgan fingerprint density at radius 3 is 2.58 bits per heavy atom. The van der Waals surface area contributed by atoms with E-state index in [-0.39, 0.29) is 17.8 Å². The van der Waals surface area contributed by atoms with E-state index in [0.29, 0.717) is 6.42 Å². The number of hydrogen-bond donors (Lipinski definition) is 1. The van der Waals surface area contributed by atoms with Crippen LogP contribution in [0.25, 0.3) is 5.57 Å². The lowest BCUT2D eigenvalue weighted by molar-refractivity contribution is -0.132. The van der Waals surface area contributed by atoms with Crippen molar-refractivity contribution in [1.82, 2.24) is 14.9 Å². The van der Waals surface area contributed by atoms with Gasteiger partial charge in [-0.05, 0) is 17.6 Å². The van der Waals surface area contributed by atoms with E-state index in [1.54, 1.807) is 19.4 Å². The van der Waals surface area contributed by atoms with Crippen molar-refractivity contribution in [3.05, 3.63) is 78.4 Å². The number of nitrogens with zero attached hydrogens (tertiary/aromatic N) is 4. The van der Waals surface area contributed by atoms with Crippen molar-refractivity contribution in [2.24, 2.45) is 16.6 Å². The molecule has 6 heteroatoms. The normalized spacial score (nSPS) is 25.2. The summed E-state index contributed by atoms with van der Waals surface area (Å²) in [4.78, 5) is 27.5. The number of rotatable bonds is 3. The Morgan fingerprint density at radius 2 is 1.92 bits per heavy atom. The number of carbonyl (C=O) groups excluding carboxylic acids is 1. The molecule has 0 saturated carbocycles. The maximum atomic E-state index is 13.2. The number of carbonyl (C=O) groups is 1. The van der Waals surface area contributed by atoms with Crippen molar-refractivity contribution in [1.29, 1.82) is 0 Å². The molecular formula is C20H19N5O. The summed E-state index contributed by atoms with van der Waals surface area (Å²) < 4.78 is 0. The van der Waals surface area contributed by atoms with Crippen molar-refractivity contribution < 1.29 is 4.79 Å². The van der Waals surface area contributed by atoms with Gasteiger partial charge < -0.3 is 5.73 Å². The van der Waals surface area contributed by atoms with E-state index in [0.717, 1.165) is 16.7 Å². The zero-order chi connectivity index (χ0) is 18.1. The summed E-state index contributed by atoms with van der Waals surface area (Å²) in [6.45, 7) is 0. The summed E-state index contributed by atoms with van der Waals surface area (Å²) in [5.74, 6) is -0.0195. The molecule has 1 unspecified atom stereocenters. The van der Waals surface area contributed by atoms with Crippen LogP contribution >= 0.6 is 0 Å². The molecule has 26 heavy (non-hydrogen) atoms. The molecule has 0 bridgehead atoms. The van der Waals surface area contributed by atoms with Crippen LogP contribution in [0.5, 0.6) is 0 Å². The average molecular weight is 345 g/mol. The van der Waals surface area contributed by atoms with Crippen LogP contribution in [0.3, 0.4) is 0 Å². The molecule has 2 N–H and O–H groups in total. The van der Waals surface area contributed by atoms with Gasteiger partial charge >= 0.3 is 0 Å². The van der Waals surface area contributed by atoms with Gasteiger partial charge in [0.1, 0.15) is 6.33 Å². The number of aliphatic imine (C=N–C) groups is 1. The molecule has 2 aliphatic rings. The summed E-state index contributed by atoms with van der Waals surface area (Å²) in [7, 11) is 1.67. The first kappa shape index (κ1) is 16.2. The van der Waals surface area contributed by atoms with Gasteiger partial charge in [0.05, 0.1) is 0 Å². The summed E-state index contributed by atoms with van der Waals surface area (Å²) in [5.41, 5.74) is 7.72. The third-order valence-electron chi connectivity index (χ3n) is 4.98. The molecular weight excluding hydrogens is 326 g/mol. The molecule has 6 nitrogen and oxygen atoms in total. The third-order valence-corrected chi connectivity index (χ3v) is 4.98. The van der Waals surface area contributed by atoms with Gasteiger partial charge in [0.2, 0.25) is 0 Å². The van der Waals surface area contributed by atoms with E-state index >= 15 is 0 Å². The quantitative estimate of drug-likeness (QED) is 0.923. The van der Waals surface area contributed by atoms with Crippen LogP contribution in [0, 0.1) is 5.92 Å². The third kappa shape index (κ3) is 2.42. The predicted molar refractivity (Wildman–Crippen MR) is 99.8 cm³/mol. The van der Waals surface area contributed by atoms with Crippen LogP contribution in [-0.4, -0.2) is 33.8 Å². The number of allylic oxidation sites excluding steroid dienone is 3. The fourth-order valence-corrected chi connectivity index (χ4v) is 3.61. The lowest BCUT2D eigenvalue weighted by atomic mass is 9.73. The molecule has 2 atom stereocenters. The lowest BCUT2D eigenvalue weighted by Crippen LogP contribution is -2.44. The maximum absolute atomic E-state index is 13.2. The van der Waals surface area contributed by atoms with Crippen LogP contribution in [-0.2, 0) is 10.3 Å². The van der Waals surface area contributed by atoms with Gasteiger partial charge in [-0.25, -0.2) is 15.0 Å². The first-order valence-electron chi connectivity index (χ1n) is 8.45. The van der Waals surface area contributed by atoms with Gasteiger partial charge in [0.15, 0.2) is 11.5 Å². The van der Waals surface area contributed by atoms with Crippen molar-refractivity contribution in [3.63, 3.8) is 0 Å².